The van der Waals surface area contributed by atoms with Crippen molar-refractivity contribution in [1.82, 2.24) is 0 Å². The van der Waals surface area contributed by atoms with Crippen LogP contribution in [0, 0.1) is 5.92 Å². The van der Waals surface area contributed by atoms with Crippen LogP contribution in [0.4, 0.5) is 0 Å². The SMILES string of the molecule is CC(C)CCOCC(=O)c1ccc(Cl)c(Cl)c1. The van der Waals surface area contributed by atoms with Crippen molar-refractivity contribution in [3.8, 4) is 0 Å². The van der Waals surface area contributed by atoms with Crippen molar-refractivity contribution in [3.63, 3.8) is 0 Å². The first-order valence-electron chi connectivity index (χ1n) is 5.56. The molecule has 0 aliphatic rings. The molecule has 1 rings (SSSR count). The van der Waals surface area contributed by atoms with Gasteiger partial charge in [0.1, 0.15) is 6.61 Å². The van der Waals surface area contributed by atoms with E-state index in [0.717, 1.165) is 6.42 Å². The monoisotopic (exact) mass is 274 g/mol. The molecule has 0 fully saturated rings. The van der Waals surface area contributed by atoms with Gasteiger partial charge in [0.25, 0.3) is 0 Å². The largest absolute Gasteiger partial charge is 0.373 e. The first kappa shape index (κ1) is 14.5. The van der Waals surface area contributed by atoms with E-state index in [4.69, 9.17) is 27.9 Å². The summed E-state index contributed by atoms with van der Waals surface area (Å²) in [5.74, 6) is 0.502. The zero-order valence-electron chi connectivity index (χ0n) is 10.0. The van der Waals surface area contributed by atoms with Gasteiger partial charge in [0.05, 0.1) is 10.0 Å². The van der Waals surface area contributed by atoms with E-state index < -0.39 is 0 Å². The second-order valence-corrected chi connectivity index (χ2v) is 5.10. The molecule has 0 radical (unpaired) electrons. The summed E-state index contributed by atoms with van der Waals surface area (Å²) in [4.78, 5) is 11.7. The van der Waals surface area contributed by atoms with Gasteiger partial charge in [-0.25, -0.2) is 0 Å². The minimum atomic E-state index is -0.0766. The normalized spacial score (nSPS) is 10.9. The van der Waals surface area contributed by atoms with E-state index in [1.165, 1.54) is 0 Å². The first-order valence-corrected chi connectivity index (χ1v) is 6.32. The molecule has 0 aliphatic carbocycles. The van der Waals surface area contributed by atoms with E-state index in [1.807, 2.05) is 0 Å². The molecule has 0 heterocycles. The molecule has 0 aromatic heterocycles. The smallest absolute Gasteiger partial charge is 0.188 e. The Labute approximate surface area is 112 Å². The summed E-state index contributed by atoms with van der Waals surface area (Å²) in [5.41, 5.74) is 0.531. The second-order valence-electron chi connectivity index (χ2n) is 4.29. The quantitative estimate of drug-likeness (QED) is 0.573. The number of benzene rings is 1. The molecule has 2 nitrogen and oxygen atoms in total. The topological polar surface area (TPSA) is 26.3 Å². The van der Waals surface area contributed by atoms with E-state index in [-0.39, 0.29) is 12.4 Å². The summed E-state index contributed by atoms with van der Waals surface area (Å²) < 4.78 is 5.31. The summed E-state index contributed by atoms with van der Waals surface area (Å²) >= 11 is 11.6. The third kappa shape index (κ3) is 5.07. The van der Waals surface area contributed by atoms with Crippen LogP contribution in [0.1, 0.15) is 30.6 Å². The molecule has 94 valence electrons. The Hall–Kier alpha value is -0.570. The fraction of sp³-hybridized carbons (Fsp3) is 0.462. The molecule has 0 unspecified atom stereocenters. The minimum Gasteiger partial charge on any atom is -0.373 e. The third-order valence-corrected chi connectivity index (χ3v) is 3.05. The highest BCUT2D eigenvalue weighted by atomic mass is 35.5. The van der Waals surface area contributed by atoms with Crippen LogP contribution in [0.2, 0.25) is 10.0 Å². The Morgan fingerprint density at radius 2 is 2.00 bits per heavy atom. The van der Waals surface area contributed by atoms with Crippen LogP contribution in [0.3, 0.4) is 0 Å². The van der Waals surface area contributed by atoms with E-state index in [2.05, 4.69) is 13.8 Å². The Bertz CT molecular complexity index is 389. The van der Waals surface area contributed by atoms with Crippen LogP contribution in [0.5, 0.6) is 0 Å². The van der Waals surface area contributed by atoms with E-state index >= 15 is 0 Å². The van der Waals surface area contributed by atoms with Crippen LogP contribution in [-0.4, -0.2) is 19.0 Å². The second kappa shape index (κ2) is 7.00. The van der Waals surface area contributed by atoms with E-state index in [0.29, 0.717) is 28.1 Å². The molecular formula is C13H16Cl2O2. The van der Waals surface area contributed by atoms with Crippen LogP contribution < -0.4 is 0 Å². The number of ether oxygens (including phenoxy) is 1. The van der Waals surface area contributed by atoms with Crippen molar-refractivity contribution in [2.45, 2.75) is 20.3 Å². The van der Waals surface area contributed by atoms with Crippen molar-refractivity contribution in [3.05, 3.63) is 33.8 Å². The zero-order chi connectivity index (χ0) is 12.8. The maximum atomic E-state index is 11.7. The average molecular weight is 275 g/mol. The van der Waals surface area contributed by atoms with Crippen LogP contribution in [0.25, 0.3) is 0 Å². The molecule has 0 saturated heterocycles. The molecule has 0 spiro atoms. The lowest BCUT2D eigenvalue weighted by atomic mass is 10.1. The van der Waals surface area contributed by atoms with Crippen LogP contribution in [-0.2, 0) is 4.74 Å². The summed E-state index contributed by atoms with van der Waals surface area (Å²) in [7, 11) is 0. The first-order chi connectivity index (χ1) is 8.00. The molecule has 1 aromatic carbocycles. The predicted octanol–water partition coefficient (Wildman–Crippen LogP) is 4.24. The number of Topliss-reactive ketones (excluding diaryl/α,β-unsaturated/α-hetero) is 1. The van der Waals surface area contributed by atoms with Gasteiger partial charge in [-0.1, -0.05) is 37.0 Å². The number of ketones is 1. The Kier molecular flexibility index (Phi) is 5.96. The number of carbonyl (C=O) groups is 1. The highest BCUT2D eigenvalue weighted by molar-refractivity contribution is 6.42. The van der Waals surface area contributed by atoms with Gasteiger partial charge >= 0.3 is 0 Å². The van der Waals surface area contributed by atoms with Crippen molar-refractivity contribution in [2.75, 3.05) is 13.2 Å². The van der Waals surface area contributed by atoms with Crippen molar-refractivity contribution < 1.29 is 9.53 Å². The molecule has 17 heavy (non-hydrogen) atoms. The van der Waals surface area contributed by atoms with E-state index in [1.54, 1.807) is 18.2 Å². The van der Waals surface area contributed by atoms with Gasteiger partial charge in [0, 0.05) is 12.2 Å². The van der Waals surface area contributed by atoms with Gasteiger partial charge in [-0.2, -0.15) is 0 Å². The number of carbonyl (C=O) groups excluding carboxylic acids is 1. The highest BCUT2D eigenvalue weighted by Crippen LogP contribution is 2.22. The lowest BCUT2D eigenvalue weighted by Crippen LogP contribution is -2.10. The van der Waals surface area contributed by atoms with Gasteiger partial charge in [-0.3, -0.25) is 4.79 Å². The average Bonchev–Trinajstić information content (AvgIpc) is 2.27. The summed E-state index contributed by atoms with van der Waals surface area (Å²) in [6.45, 7) is 4.92. The lowest BCUT2D eigenvalue weighted by Gasteiger charge is -2.06. The summed E-state index contributed by atoms with van der Waals surface area (Å²) in [5, 5.41) is 0.837. The van der Waals surface area contributed by atoms with Crippen LogP contribution >= 0.6 is 23.2 Å². The van der Waals surface area contributed by atoms with Gasteiger partial charge in [-0.05, 0) is 30.5 Å². The summed E-state index contributed by atoms with van der Waals surface area (Å²) in [6.07, 6.45) is 0.953. The van der Waals surface area contributed by atoms with Crippen molar-refractivity contribution in [1.29, 1.82) is 0 Å². The summed E-state index contributed by atoms with van der Waals surface area (Å²) in [6, 6.07) is 4.84. The van der Waals surface area contributed by atoms with Gasteiger partial charge in [-0.15, -0.1) is 0 Å². The van der Waals surface area contributed by atoms with Crippen LogP contribution in [0.15, 0.2) is 18.2 Å². The van der Waals surface area contributed by atoms with E-state index in [9.17, 15) is 4.79 Å². The fourth-order valence-electron chi connectivity index (χ4n) is 1.24. The predicted molar refractivity (Wildman–Crippen MR) is 71.1 cm³/mol. The third-order valence-electron chi connectivity index (χ3n) is 2.31. The molecule has 0 atom stereocenters. The van der Waals surface area contributed by atoms with Gasteiger partial charge in [0.15, 0.2) is 5.78 Å². The zero-order valence-corrected chi connectivity index (χ0v) is 11.5. The van der Waals surface area contributed by atoms with Crippen molar-refractivity contribution in [2.24, 2.45) is 5.92 Å². The molecular weight excluding hydrogens is 259 g/mol. The Morgan fingerprint density at radius 3 is 2.59 bits per heavy atom. The molecule has 0 saturated carbocycles. The minimum absolute atomic E-state index is 0.0766. The molecule has 0 N–H and O–H groups in total. The van der Waals surface area contributed by atoms with Gasteiger partial charge < -0.3 is 4.74 Å². The van der Waals surface area contributed by atoms with Crippen molar-refractivity contribution >= 4 is 29.0 Å². The maximum absolute atomic E-state index is 11.7. The molecule has 0 aliphatic heterocycles. The Morgan fingerprint density at radius 1 is 1.29 bits per heavy atom. The highest BCUT2D eigenvalue weighted by Gasteiger charge is 2.08. The lowest BCUT2D eigenvalue weighted by molar-refractivity contribution is 0.0739. The Balaban J connectivity index is 2.44. The number of rotatable bonds is 6. The molecule has 4 heteroatoms. The fourth-order valence-corrected chi connectivity index (χ4v) is 1.53. The standard InChI is InChI=1S/C13H16Cl2O2/c1-9(2)5-6-17-8-13(16)10-3-4-11(14)12(15)7-10/h3-4,7,9H,5-6,8H2,1-2H3. The number of halogens is 2. The number of hydrogen-bond acceptors (Lipinski definition) is 2. The molecule has 0 amide bonds. The molecule has 1 aromatic rings. The molecule has 0 bridgehead atoms. The maximum Gasteiger partial charge on any atom is 0.188 e. The number of hydrogen-bond donors (Lipinski definition) is 0. The van der Waals surface area contributed by atoms with Gasteiger partial charge in [0.2, 0.25) is 0 Å².